The summed E-state index contributed by atoms with van der Waals surface area (Å²) in [6.45, 7) is 3.19. The Hall–Kier alpha value is 0.0748. The third kappa shape index (κ3) is 4.33. The van der Waals surface area contributed by atoms with Gasteiger partial charge >= 0.3 is 0 Å². The van der Waals surface area contributed by atoms with Gasteiger partial charge in [0.15, 0.2) is 0 Å². The fourth-order valence-corrected chi connectivity index (χ4v) is 6.23. The molecule has 4 rings (SSSR count). The Labute approximate surface area is 157 Å². The van der Waals surface area contributed by atoms with Crippen LogP contribution in [0.4, 0.5) is 0 Å². The summed E-state index contributed by atoms with van der Waals surface area (Å²) in [4.78, 5) is 0. The highest BCUT2D eigenvalue weighted by atomic mass is 15.3. The van der Waals surface area contributed by atoms with E-state index in [9.17, 15) is 0 Å². The SMILES string of the molecule is CB1N(C2CCCCC2)BN(C2CCCCC2)BN1C1CCCCC1. The smallest absolute Gasteiger partial charge is 0.286 e. The van der Waals surface area contributed by atoms with Crippen molar-refractivity contribution in [3.05, 3.63) is 0 Å². The molecule has 0 spiro atoms. The van der Waals surface area contributed by atoms with Crippen molar-refractivity contribution in [1.29, 1.82) is 0 Å². The molecule has 4 aliphatic rings. The molecule has 0 aromatic heterocycles. The van der Waals surface area contributed by atoms with E-state index in [4.69, 9.17) is 0 Å². The van der Waals surface area contributed by atoms with Gasteiger partial charge in [-0.15, -0.1) is 0 Å². The quantitative estimate of drug-likeness (QED) is 0.727. The van der Waals surface area contributed by atoms with Crippen LogP contribution in [0, 0.1) is 0 Å². The van der Waals surface area contributed by atoms with Gasteiger partial charge in [0.2, 0.25) is 0 Å². The fraction of sp³-hybridized carbons (Fsp3) is 1.00. The second-order valence-electron chi connectivity index (χ2n) is 9.41. The largest absolute Gasteiger partial charge is 0.361 e. The summed E-state index contributed by atoms with van der Waals surface area (Å²) in [5.41, 5.74) is 0. The van der Waals surface area contributed by atoms with E-state index in [0.717, 1.165) is 18.1 Å². The number of nitrogens with zero attached hydrogens (tertiary/aromatic N) is 3. The van der Waals surface area contributed by atoms with Crippen molar-refractivity contribution >= 4 is 22.1 Å². The van der Waals surface area contributed by atoms with Gasteiger partial charge in [-0.25, -0.2) is 0 Å². The number of hydrogen-bond acceptors (Lipinski definition) is 3. The topological polar surface area (TPSA) is 9.72 Å². The molecule has 0 unspecified atom stereocenters. The van der Waals surface area contributed by atoms with Gasteiger partial charge in [-0.1, -0.05) is 64.6 Å². The molecule has 0 amide bonds. The van der Waals surface area contributed by atoms with Crippen molar-refractivity contribution in [3.63, 3.8) is 0 Å². The lowest BCUT2D eigenvalue weighted by molar-refractivity contribution is 0.246. The van der Waals surface area contributed by atoms with Gasteiger partial charge in [-0.05, 0) is 56.7 Å². The van der Waals surface area contributed by atoms with Crippen molar-refractivity contribution in [1.82, 2.24) is 14.2 Å². The minimum atomic E-state index is 0.658. The normalized spacial score (nSPS) is 30.2. The molecule has 3 saturated carbocycles. The molecular formula is C19H38B3N3. The standard InChI is InChI=1S/C19H38B3N3/c1-22-24(18-13-7-3-8-14-18)20-23(17-11-5-2-6-12-17)21-25(22)19-15-9-4-10-16-19/h17-21H,2-16H2,1H3. The second-order valence-corrected chi connectivity index (χ2v) is 9.41. The predicted octanol–water partition coefficient (Wildman–Crippen LogP) is 3.56. The summed E-state index contributed by atoms with van der Waals surface area (Å²) in [6, 6.07) is 2.56. The van der Waals surface area contributed by atoms with Gasteiger partial charge in [-0.3, -0.25) is 0 Å². The summed E-state index contributed by atoms with van der Waals surface area (Å²) in [7, 11) is 2.50. The minimum absolute atomic E-state index is 0.658. The molecule has 1 saturated heterocycles. The Kier molecular flexibility index (Phi) is 6.52. The van der Waals surface area contributed by atoms with Crippen LogP contribution < -0.4 is 0 Å². The lowest BCUT2D eigenvalue weighted by Gasteiger charge is -2.54. The van der Waals surface area contributed by atoms with E-state index >= 15 is 0 Å². The summed E-state index contributed by atoms with van der Waals surface area (Å²) < 4.78 is 8.74. The van der Waals surface area contributed by atoms with Gasteiger partial charge in [-0.2, -0.15) is 0 Å². The molecule has 0 bridgehead atoms. The van der Waals surface area contributed by atoms with E-state index in [-0.39, 0.29) is 0 Å². The maximum atomic E-state index is 2.92. The third-order valence-corrected chi connectivity index (χ3v) is 7.83. The molecule has 0 radical (unpaired) electrons. The van der Waals surface area contributed by atoms with E-state index in [1.807, 2.05) is 0 Å². The van der Waals surface area contributed by atoms with Gasteiger partial charge < -0.3 is 14.2 Å². The molecule has 25 heavy (non-hydrogen) atoms. The van der Waals surface area contributed by atoms with Crippen molar-refractivity contribution in [2.75, 3.05) is 0 Å². The lowest BCUT2D eigenvalue weighted by atomic mass is 9.55. The molecule has 1 aliphatic heterocycles. The Morgan fingerprint density at radius 1 is 0.560 bits per heavy atom. The first-order valence-corrected chi connectivity index (χ1v) is 11.6. The average Bonchev–Trinajstić information content (AvgIpc) is 2.70. The van der Waals surface area contributed by atoms with Crippen LogP contribution in [0.15, 0.2) is 0 Å². The van der Waals surface area contributed by atoms with Crippen molar-refractivity contribution in [2.45, 2.75) is 121 Å². The molecule has 0 atom stereocenters. The molecule has 1 heterocycles. The average molecular weight is 341 g/mol. The zero-order chi connectivity index (χ0) is 17.1. The molecule has 3 nitrogen and oxygen atoms in total. The fourth-order valence-electron chi connectivity index (χ4n) is 6.23. The predicted molar refractivity (Wildman–Crippen MR) is 112 cm³/mol. The summed E-state index contributed by atoms with van der Waals surface area (Å²) in [6.07, 6.45) is 21.9. The maximum absolute atomic E-state index is 2.92. The first-order valence-electron chi connectivity index (χ1n) is 11.6. The molecule has 4 fully saturated rings. The summed E-state index contributed by atoms with van der Waals surface area (Å²) in [5, 5.41) is 0. The van der Waals surface area contributed by atoms with Crippen LogP contribution in [-0.4, -0.2) is 54.4 Å². The van der Waals surface area contributed by atoms with Crippen LogP contribution >= 0.6 is 0 Å². The Balaban J connectivity index is 1.50. The van der Waals surface area contributed by atoms with Crippen LogP contribution in [0.5, 0.6) is 0 Å². The lowest BCUT2D eigenvalue weighted by Crippen LogP contribution is -2.72. The molecule has 0 aromatic carbocycles. The van der Waals surface area contributed by atoms with Crippen LogP contribution in [-0.2, 0) is 0 Å². The monoisotopic (exact) mass is 341 g/mol. The zero-order valence-electron chi connectivity index (χ0n) is 16.7. The van der Waals surface area contributed by atoms with E-state index < -0.39 is 0 Å². The molecule has 0 N–H and O–H groups in total. The summed E-state index contributed by atoms with van der Waals surface area (Å²) >= 11 is 0. The second kappa shape index (κ2) is 8.84. The van der Waals surface area contributed by atoms with Gasteiger partial charge in [0, 0.05) is 0 Å². The van der Waals surface area contributed by atoms with E-state index in [0.29, 0.717) is 6.98 Å². The Bertz CT molecular complexity index is 379. The first-order chi connectivity index (χ1) is 12.3. The molecule has 3 aliphatic carbocycles. The molecule has 138 valence electrons. The van der Waals surface area contributed by atoms with Crippen LogP contribution in [0.3, 0.4) is 0 Å². The third-order valence-electron chi connectivity index (χ3n) is 7.83. The highest BCUT2D eigenvalue weighted by Gasteiger charge is 2.43. The van der Waals surface area contributed by atoms with Crippen LogP contribution in [0.2, 0.25) is 6.82 Å². The molecule has 0 aromatic rings. The highest BCUT2D eigenvalue weighted by Crippen LogP contribution is 2.31. The summed E-state index contributed by atoms with van der Waals surface area (Å²) in [5.74, 6) is 0. The zero-order valence-corrected chi connectivity index (χ0v) is 16.7. The van der Waals surface area contributed by atoms with Crippen molar-refractivity contribution in [2.24, 2.45) is 0 Å². The number of hydrogen-bond donors (Lipinski definition) is 0. The van der Waals surface area contributed by atoms with E-state index in [1.54, 1.807) is 0 Å². The van der Waals surface area contributed by atoms with Gasteiger partial charge in [0.1, 0.15) is 0 Å². The molecule has 6 heteroatoms. The van der Waals surface area contributed by atoms with Gasteiger partial charge in [0.05, 0.1) is 0 Å². The van der Waals surface area contributed by atoms with Crippen molar-refractivity contribution in [3.8, 4) is 0 Å². The van der Waals surface area contributed by atoms with Crippen LogP contribution in [0.25, 0.3) is 0 Å². The van der Waals surface area contributed by atoms with E-state index in [2.05, 4.69) is 21.0 Å². The molecular weight excluding hydrogens is 303 g/mol. The first kappa shape index (κ1) is 18.4. The van der Waals surface area contributed by atoms with Gasteiger partial charge in [0.25, 0.3) is 22.1 Å². The maximum Gasteiger partial charge on any atom is 0.286 e. The Morgan fingerprint density at radius 3 is 1.32 bits per heavy atom. The minimum Gasteiger partial charge on any atom is -0.361 e. The van der Waals surface area contributed by atoms with Crippen molar-refractivity contribution < 1.29 is 0 Å². The highest BCUT2D eigenvalue weighted by molar-refractivity contribution is 6.73. The number of rotatable bonds is 3. The Morgan fingerprint density at radius 2 is 0.920 bits per heavy atom. The van der Waals surface area contributed by atoms with E-state index in [1.165, 1.54) is 111 Å². The van der Waals surface area contributed by atoms with Crippen LogP contribution in [0.1, 0.15) is 96.3 Å².